The van der Waals surface area contributed by atoms with Crippen LogP contribution in [0.3, 0.4) is 0 Å². The van der Waals surface area contributed by atoms with Gasteiger partial charge in [-0.2, -0.15) is 0 Å². The Morgan fingerprint density at radius 3 is 1.63 bits per heavy atom. The Hall–Kier alpha value is -1.14. The van der Waals surface area contributed by atoms with Crippen molar-refractivity contribution in [2.24, 2.45) is 17.3 Å². The van der Waals surface area contributed by atoms with Crippen LogP contribution in [0.25, 0.3) is 0 Å². The van der Waals surface area contributed by atoms with E-state index < -0.39 is 23.6 Å². The minimum atomic E-state index is -1.43. The van der Waals surface area contributed by atoms with Gasteiger partial charge >= 0.3 is 11.9 Å². The Bertz CT molecular complexity index is 283. The van der Waals surface area contributed by atoms with E-state index in [-0.39, 0.29) is 18.3 Å². The maximum atomic E-state index is 10.8. The lowest BCUT2D eigenvalue weighted by atomic mass is 9.75. The molecule has 0 rings (SSSR count). The van der Waals surface area contributed by atoms with E-state index in [0.29, 0.717) is 6.42 Å². The number of hydrogen-bond acceptors (Lipinski definition) is 4. The van der Waals surface area contributed by atoms with Gasteiger partial charge in [0.05, 0.1) is 11.3 Å². The average Bonchev–Trinajstić information content (AvgIpc) is 2.25. The third kappa shape index (κ3) is 8.56. The molecule has 0 aromatic rings. The molecule has 0 amide bonds. The van der Waals surface area contributed by atoms with Crippen LogP contribution >= 0.6 is 0 Å². The summed E-state index contributed by atoms with van der Waals surface area (Å²) in [4.78, 5) is 20.5. The van der Waals surface area contributed by atoms with Gasteiger partial charge in [-0.3, -0.25) is 9.59 Å². The van der Waals surface area contributed by atoms with Gasteiger partial charge in [0.25, 0.3) is 0 Å². The summed E-state index contributed by atoms with van der Waals surface area (Å²) in [6.45, 7) is 8.33. The Balaban J connectivity index is 0. The summed E-state index contributed by atoms with van der Waals surface area (Å²) >= 11 is 0. The maximum Gasteiger partial charge on any atom is 0.309 e. The van der Waals surface area contributed by atoms with Crippen LogP contribution in [-0.2, 0) is 9.59 Å². The van der Waals surface area contributed by atoms with Crippen LogP contribution in [0, 0.1) is 17.3 Å². The number of aliphatic hydroxyl groups is 2. The highest BCUT2D eigenvalue weighted by molar-refractivity contribution is 5.74. The van der Waals surface area contributed by atoms with Crippen molar-refractivity contribution in [2.75, 3.05) is 0 Å². The minimum absolute atomic E-state index is 0.107. The number of hydrogen-bond donors (Lipinski definition) is 4. The number of aliphatic carboxylic acids is 2. The minimum Gasteiger partial charge on any atom is -0.481 e. The molecule has 0 aliphatic rings. The molecule has 0 bridgehead atoms. The first-order valence-corrected chi connectivity index (χ1v) is 6.29. The third-order valence-electron chi connectivity index (χ3n) is 3.05. The molecule has 0 heterocycles. The fourth-order valence-electron chi connectivity index (χ4n) is 1.40. The summed E-state index contributed by atoms with van der Waals surface area (Å²) in [7, 11) is 0. The van der Waals surface area contributed by atoms with Gasteiger partial charge in [0.2, 0.25) is 0 Å². The third-order valence-corrected chi connectivity index (χ3v) is 3.05. The zero-order valence-electron chi connectivity index (χ0n) is 12.3. The van der Waals surface area contributed by atoms with Gasteiger partial charge < -0.3 is 20.4 Å². The molecule has 0 aromatic heterocycles. The molecule has 1 atom stereocenters. The van der Waals surface area contributed by atoms with Crippen molar-refractivity contribution in [3.63, 3.8) is 0 Å². The SMILES string of the molecule is CC(C)C(=O)O.CCC(CC(O)O)C(C)(C)C(=O)O. The van der Waals surface area contributed by atoms with Crippen molar-refractivity contribution >= 4 is 11.9 Å². The predicted molar refractivity (Wildman–Crippen MR) is 70.5 cm³/mol. The van der Waals surface area contributed by atoms with Gasteiger partial charge in [0.1, 0.15) is 0 Å². The van der Waals surface area contributed by atoms with E-state index in [1.807, 2.05) is 6.92 Å². The number of rotatable bonds is 6. The first kappa shape index (κ1) is 20.2. The Labute approximate surface area is 114 Å². The number of carboxylic acid groups (broad SMARTS) is 2. The molecular formula is C13H26O6. The molecule has 6 nitrogen and oxygen atoms in total. The summed E-state index contributed by atoms with van der Waals surface area (Å²) in [5, 5.41) is 34.4. The zero-order valence-corrected chi connectivity index (χ0v) is 12.3. The second kappa shape index (κ2) is 8.87. The molecule has 0 saturated carbocycles. The molecule has 0 spiro atoms. The standard InChI is InChI=1S/C9H18O4.C4H8O2/c1-4-6(5-7(10)11)9(2,3)8(12)13;1-3(2)4(5)6/h6-7,10-11H,4-5H2,1-3H3,(H,12,13);3H,1-2H3,(H,5,6). The quantitative estimate of drug-likeness (QED) is 0.548. The molecule has 6 heteroatoms. The lowest BCUT2D eigenvalue weighted by molar-refractivity contribution is -0.152. The molecule has 4 N–H and O–H groups in total. The molecule has 0 aliphatic heterocycles. The average molecular weight is 278 g/mol. The highest BCUT2D eigenvalue weighted by atomic mass is 16.5. The van der Waals surface area contributed by atoms with Crippen LogP contribution in [0.15, 0.2) is 0 Å². The van der Waals surface area contributed by atoms with Crippen molar-refractivity contribution in [1.82, 2.24) is 0 Å². The molecule has 0 fully saturated rings. The predicted octanol–water partition coefficient (Wildman–Crippen LogP) is 1.55. The summed E-state index contributed by atoms with van der Waals surface area (Å²) in [6.07, 6.45) is -0.698. The molecule has 0 saturated heterocycles. The van der Waals surface area contributed by atoms with E-state index in [4.69, 9.17) is 20.4 Å². The van der Waals surface area contributed by atoms with Crippen molar-refractivity contribution in [1.29, 1.82) is 0 Å². The summed E-state index contributed by atoms with van der Waals surface area (Å²) in [6, 6.07) is 0. The van der Waals surface area contributed by atoms with Crippen molar-refractivity contribution in [3.8, 4) is 0 Å². The molecule has 19 heavy (non-hydrogen) atoms. The molecule has 1 unspecified atom stereocenters. The number of carbonyl (C=O) groups is 2. The fraction of sp³-hybridized carbons (Fsp3) is 0.846. The monoisotopic (exact) mass is 278 g/mol. The van der Waals surface area contributed by atoms with Gasteiger partial charge in [-0.25, -0.2) is 0 Å². The second-order valence-corrected chi connectivity index (χ2v) is 5.34. The topological polar surface area (TPSA) is 115 Å². The Kier molecular flexibility index (Phi) is 9.43. The smallest absolute Gasteiger partial charge is 0.309 e. The molecule has 0 aromatic carbocycles. The molecule has 0 radical (unpaired) electrons. The van der Waals surface area contributed by atoms with E-state index in [1.54, 1.807) is 27.7 Å². The highest BCUT2D eigenvalue weighted by Crippen LogP contribution is 2.32. The van der Waals surface area contributed by atoms with Gasteiger partial charge in [-0.15, -0.1) is 0 Å². The Morgan fingerprint density at radius 2 is 1.47 bits per heavy atom. The van der Waals surface area contributed by atoms with Gasteiger partial charge in [-0.1, -0.05) is 27.2 Å². The van der Waals surface area contributed by atoms with Crippen LogP contribution in [0.2, 0.25) is 0 Å². The van der Waals surface area contributed by atoms with E-state index in [2.05, 4.69) is 0 Å². The van der Waals surface area contributed by atoms with Crippen molar-refractivity contribution in [2.45, 2.75) is 53.8 Å². The van der Waals surface area contributed by atoms with Crippen LogP contribution in [0.1, 0.15) is 47.5 Å². The van der Waals surface area contributed by atoms with Gasteiger partial charge in [0.15, 0.2) is 6.29 Å². The summed E-state index contributed by atoms with van der Waals surface area (Å²) in [5.74, 6) is -2.09. The van der Waals surface area contributed by atoms with Crippen LogP contribution in [0.5, 0.6) is 0 Å². The molecule has 0 aliphatic carbocycles. The first-order chi connectivity index (χ1) is 8.46. The zero-order chi connectivity index (χ0) is 15.8. The van der Waals surface area contributed by atoms with Crippen molar-refractivity contribution < 1.29 is 30.0 Å². The largest absolute Gasteiger partial charge is 0.481 e. The van der Waals surface area contributed by atoms with Crippen LogP contribution in [-0.4, -0.2) is 38.7 Å². The van der Waals surface area contributed by atoms with E-state index in [1.165, 1.54) is 0 Å². The van der Waals surface area contributed by atoms with Gasteiger partial charge in [0, 0.05) is 6.42 Å². The lowest BCUT2D eigenvalue weighted by Gasteiger charge is -2.29. The second-order valence-electron chi connectivity index (χ2n) is 5.34. The molecule has 114 valence electrons. The fourth-order valence-corrected chi connectivity index (χ4v) is 1.40. The summed E-state index contributed by atoms with van der Waals surface area (Å²) < 4.78 is 0. The van der Waals surface area contributed by atoms with Gasteiger partial charge in [-0.05, 0) is 19.8 Å². The van der Waals surface area contributed by atoms with Crippen LogP contribution < -0.4 is 0 Å². The lowest BCUT2D eigenvalue weighted by Crippen LogP contribution is -2.34. The highest BCUT2D eigenvalue weighted by Gasteiger charge is 2.36. The first-order valence-electron chi connectivity index (χ1n) is 6.29. The van der Waals surface area contributed by atoms with E-state index in [9.17, 15) is 9.59 Å². The normalized spacial score (nSPS) is 12.9. The van der Waals surface area contributed by atoms with Crippen LogP contribution in [0.4, 0.5) is 0 Å². The number of aliphatic hydroxyl groups excluding tert-OH is 1. The maximum absolute atomic E-state index is 10.8. The Morgan fingerprint density at radius 1 is 1.11 bits per heavy atom. The van der Waals surface area contributed by atoms with E-state index in [0.717, 1.165) is 0 Å². The molecular weight excluding hydrogens is 252 g/mol. The summed E-state index contributed by atoms with van der Waals surface area (Å²) in [5.41, 5.74) is -0.904. The van der Waals surface area contributed by atoms with Crippen molar-refractivity contribution in [3.05, 3.63) is 0 Å². The van der Waals surface area contributed by atoms with E-state index >= 15 is 0 Å². The number of carboxylic acids is 2.